The zero-order chi connectivity index (χ0) is 23.0. The zero-order valence-corrected chi connectivity index (χ0v) is 19.0. The molecule has 1 aliphatic rings. The molecule has 0 spiro atoms. The Labute approximate surface area is 196 Å². The number of benzene rings is 3. The van der Waals surface area contributed by atoms with Crippen LogP contribution in [0.2, 0.25) is 0 Å². The molecule has 3 atom stereocenters. The summed E-state index contributed by atoms with van der Waals surface area (Å²) in [5.74, 6) is -0.486. The lowest BCUT2D eigenvalue weighted by atomic mass is 9.84. The van der Waals surface area contributed by atoms with Crippen molar-refractivity contribution in [3.8, 4) is 0 Å². The Morgan fingerprint density at radius 1 is 0.939 bits per heavy atom. The molecule has 1 heterocycles. The fourth-order valence-corrected chi connectivity index (χ4v) is 4.94. The number of piperazine rings is 1. The van der Waals surface area contributed by atoms with Crippen LogP contribution in [0, 0.1) is 0 Å². The van der Waals surface area contributed by atoms with Crippen molar-refractivity contribution in [3.63, 3.8) is 0 Å². The highest BCUT2D eigenvalue weighted by molar-refractivity contribution is 5.66. The van der Waals surface area contributed by atoms with E-state index in [-0.39, 0.29) is 30.6 Å². The van der Waals surface area contributed by atoms with Gasteiger partial charge < -0.3 is 10.8 Å². The van der Waals surface area contributed by atoms with Gasteiger partial charge in [-0.3, -0.25) is 15.0 Å². The van der Waals surface area contributed by atoms with E-state index in [1.54, 1.807) is 0 Å². The molecule has 5 heteroatoms. The van der Waals surface area contributed by atoms with Crippen molar-refractivity contribution in [2.24, 2.45) is 0 Å². The van der Waals surface area contributed by atoms with Crippen LogP contribution in [0.1, 0.15) is 47.9 Å². The largest absolute Gasteiger partial charge is 0.481 e. The van der Waals surface area contributed by atoms with Crippen molar-refractivity contribution in [2.75, 3.05) is 13.1 Å². The van der Waals surface area contributed by atoms with Crippen LogP contribution in [-0.2, 0) is 4.79 Å². The summed E-state index contributed by atoms with van der Waals surface area (Å²) >= 11 is 0. The molecule has 4 rings (SSSR count). The summed E-state index contributed by atoms with van der Waals surface area (Å²) in [5, 5.41) is 13.0. The molecule has 3 aromatic rings. The van der Waals surface area contributed by atoms with E-state index < -0.39 is 5.97 Å². The first-order valence-electron chi connectivity index (χ1n) is 11.8. The number of hydrogen-bond donors (Lipinski definition) is 3. The van der Waals surface area contributed by atoms with Crippen molar-refractivity contribution in [1.82, 2.24) is 10.2 Å². The van der Waals surface area contributed by atoms with Crippen LogP contribution in [-0.4, -0.2) is 41.3 Å². The molecule has 5 N–H and O–H groups in total. The first-order chi connectivity index (χ1) is 16.1. The van der Waals surface area contributed by atoms with Crippen molar-refractivity contribution >= 4 is 5.97 Å². The summed E-state index contributed by atoms with van der Waals surface area (Å²) in [4.78, 5) is 13.5. The summed E-state index contributed by atoms with van der Waals surface area (Å²) in [6.07, 6.45) is 1.80. The predicted octanol–water partition coefficient (Wildman–Crippen LogP) is 3.66. The van der Waals surface area contributed by atoms with E-state index in [9.17, 15) is 4.79 Å². The topological polar surface area (TPSA) is 80.2 Å². The molecule has 0 aromatic heterocycles. The van der Waals surface area contributed by atoms with Crippen LogP contribution in [0.4, 0.5) is 0 Å². The number of quaternary nitrogens is 1. The Morgan fingerprint density at radius 3 is 2.03 bits per heavy atom. The monoisotopic (exact) mass is 444 g/mol. The Morgan fingerprint density at radius 2 is 1.48 bits per heavy atom. The molecule has 172 valence electrons. The minimum atomic E-state index is -0.741. The van der Waals surface area contributed by atoms with E-state index in [1.165, 1.54) is 16.7 Å². The van der Waals surface area contributed by atoms with Crippen molar-refractivity contribution in [1.29, 1.82) is 0 Å². The second-order valence-corrected chi connectivity index (χ2v) is 8.91. The molecule has 1 aliphatic heterocycles. The molecular weight excluding hydrogens is 410 g/mol. The number of rotatable bonds is 9. The highest BCUT2D eigenvalue weighted by Gasteiger charge is 2.38. The molecule has 1 saturated heterocycles. The normalized spacial score (nSPS) is 21.2. The minimum absolute atomic E-state index is 0.0636. The maximum Gasteiger partial charge on any atom is 0.303 e. The van der Waals surface area contributed by atoms with Crippen LogP contribution < -0.4 is 11.1 Å². The lowest BCUT2D eigenvalue weighted by Crippen LogP contribution is -2.79. The maximum atomic E-state index is 11.1. The quantitative estimate of drug-likeness (QED) is 0.471. The third-order valence-corrected chi connectivity index (χ3v) is 6.70. The summed E-state index contributed by atoms with van der Waals surface area (Å²) in [7, 11) is 0. The van der Waals surface area contributed by atoms with E-state index >= 15 is 0 Å². The summed E-state index contributed by atoms with van der Waals surface area (Å²) < 4.78 is 0. The first kappa shape index (κ1) is 23.2. The number of aliphatic carboxylic acids is 1. The van der Waals surface area contributed by atoms with Crippen LogP contribution in [0.5, 0.6) is 0 Å². The molecule has 3 unspecified atom stereocenters. The molecule has 0 radical (unpaired) electrons. The number of carboxylic acid groups (broad SMARTS) is 1. The number of hydrogen-bond acceptors (Lipinski definition) is 3. The molecule has 0 bridgehead atoms. The molecule has 0 amide bonds. The fourth-order valence-electron chi connectivity index (χ4n) is 4.94. The summed E-state index contributed by atoms with van der Waals surface area (Å²) in [6, 6.07) is 32.2. The summed E-state index contributed by atoms with van der Waals surface area (Å²) in [6.45, 7) is 1.57. The number of nitrogens with one attached hydrogen (secondary N) is 1. The standard InChI is InChI=1S/C28H33N3O2/c29-28-25(19-24(21-11-4-1-5-12-21)22-13-6-2-7-14-22)30-26(23-15-8-3-9-16-23)20-31(28)18-10-17-27(32)33/h1-9,11-16,24-26,28,30H,10,17-20,29H2,(H,32,33)/p+1. The van der Waals surface area contributed by atoms with Gasteiger partial charge in [-0.25, -0.2) is 0 Å². The molecule has 1 fully saturated rings. The molecular formula is C28H34N3O2+. The van der Waals surface area contributed by atoms with Crippen LogP contribution in [0.3, 0.4) is 0 Å². The Balaban J connectivity index is 1.60. The van der Waals surface area contributed by atoms with Crippen molar-refractivity contribution in [2.45, 2.75) is 43.4 Å². The van der Waals surface area contributed by atoms with Crippen molar-refractivity contribution < 1.29 is 15.6 Å². The van der Waals surface area contributed by atoms with Gasteiger partial charge in [-0.05, 0) is 29.5 Å². The van der Waals surface area contributed by atoms with E-state index in [2.05, 4.69) is 101 Å². The first-order valence-corrected chi connectivity index (χ1v) is 11.8. The lowest BCUT2D eigenvalue weighted by molar-refractivity contribution is -0.470. The van der Waals surface area contributed by atoms with E-state index in [4.69, 9.17) is 5.11 Å². The van der Waals surface area contributed by atoms with Gasteiger partial charge in [0.05, 0.1) is 6.04 Å². The van der Waals surface area contributed by atoms with Gasteiger partial charge in [0.25, 0.3) is 0 Å². The maximum absolute atomic E-state index is 11.1. The highest BCUT2D eigenvalue weighted by atomic mass is 16.4. The molecule has 0 aliphatic carbocycles. The van der Waals surface area contributed by atoms with Gasteiger partial charge in [0, 0.05) is 31.5 Å². The van der Waals surface area contributed by atoms with Crippen LogP contribution in [0.25, 0.3) is 0 Å². The van der Waals surface area contributed by atoms with E-state index in [0.29, 0.717) is 6.42 Å². The second kappa shape index (κ2) is 11.2. The van der Waals surface area contributed by atoms with Gasteiger partial charge in [0.15, 0.2) is 6.17 Å². The van der Waals surface area contributed by atoms with Crippen molar-refractivity contribution in [3.05, 3.63) is 108 Å². The number of nitrogens with zero attached hydrogens (tertiary/aromatic N) is 1. The van der Waals surface area contributed by atoms with Gasteiger partial charge in [0.2, 0.25) is 0 Å². The Hall–Kier alpha value is -2.99. The average molecular weight is 445 g/mol. The Kier molecular flexibility index (Phi) is 7.89. The van der Waals surface area contributed by atoms with Crippen LogP contribution in [0.15, 0.2) is 91.0 Å². The predicted molar refractivity (Wildman–Crippen MR) is 131 cm³/mol. The summed E-state index contributed by atoms with van der Waals surface area (Å²) in [5.41, 5.74) is 8.41. The van der Waals surface area contributed by atoms with Gasteiger partial charge in [-0.15, -0.1) is 0 Å². The SMILES string of the molecule is [NH3+]C1C(CC(c2ccccc2)c2ccccc2)NC(c2ccccc2)CN1CCCC(=O)O. The molecule has 33 heavy (non-hydrogen) atoms. The van der Waals surface area contributed by atoms with Gasteiger partial charge >= 0.3 is 5.97 Å². The number of carboxylic acids is 1. The third-order valence-electron chi connectivity index (χ3n) is 6.70. The number of carbonyl (C=O) groups is 1. The smallest absolute Gasteiger partial charge is 0.303 e. The molecule has 0 saturated carbocycles. The van der Waals surface area contributed by atoms with Gasteiger partial charge in [0.1, 0.15) is 0 Å². The van der Waals surface area contributed by atoms with Crippen LogP contribution >= 0.6 is 0 Å². The fraction of sp³-hybridized carbons (Fsp3) is 0.321. The average Bonchev–Trinajstić information content (AvgIpc) is 2.85. The molecule has 3 aromatic carbocycles. The minimum Gasteiger partial charge on any atom is -0.481 e. The third kappa shape index (κ3) is 6.08. The zero-order valence-electron chi connectivity index (χ0n) is 19.0. The van der Waals surface area contributed by atoms with Gasteiger partial charge in [-0.1, -0.05) is 91.0 Å². The van der Waals surface area contributed by atoms with Gasteiger partial charge in [-0.2, -0.15) is 0 Å². The Bertz CT molecular complexity index is 958. The second-order valence-electron chi connectivity index (χ2n) is 8.91. The van der Waals surface area contributed by atoms with E-state index in [1.807, 2.05) is 6.07 Å². The van der Waals surface area contributed by atoms with E-state index in [0.717, 1.165) is 19.5 Å². The lowest BCUT2D eigenvalue weighted by Gasteiger charge is -2.43. The molecule has 5 nitrogen and oxygen atoms in total. The highest BCUT2D eigenvalue weighted by Crippen LogP contribution is 2.32.